The molecule has 0 aromatic heterocycles. The van der Waals surface area contributed by atoms with E-state index in [1.165, 1.54) is 33.0 Å². The Hall–Kier alpha value is -2.68. The van der Waals surface area contributed by atoms with Gasteiger partial charge in [0.1, 0.15) is 5.82 Å². The Bertz CT molecular complexity index is 1270. The Morgan fingerprint density at radius 2 is 1.71 bits per heavy atom. The number of benzene rings is 3. The van der Waals surface area contributed by atoms with Crippen LogP contribution in [0.4, 0.5) is 10.1 Å². The van der Waals surface area contributed by atoms with Crippen molar-refractivity contribution in [3.8, 4) is 0 Å². The summed E-state index contributed by atoms with van der Waals surface area (Å²) in [5.41, 5.74) is 3.11. The van der Waals surface area contributed by atoms with Crippen molar-refractivity contribution in [3.05, 3.63) is 95.3 Å². The van der Waals surface area contributed by atoms with Gasteiger partial charge in [0, 0.05) is 40.9 Å². The number of nitrogens with one attached hydrogen (secondary N) is 1. The van der Waals surface area contributed by atoms with Gasteiger partial charge in [0.25, 0.3) is 0 Å². The highest BCUT2D eigenvalue weighted by Crippen LogP contribution is 2.27. The average molecular weight is 513 g/mol. The van der Waals surface area contributed by atoms with Gasteiger partial charge < -0.3 is 5.32 Å². The van der Waals surface area contributed by atoms with Crippen molar-refractivity contribution in [2.24, 2.45) is 5.92 Å². The molecular weight excluding hydrogens is 483 g/mol. The molecule has 1 heterocycles. The number of halogens is 1. The summed E-state index contributed by atoms with van der Waals surface area (Å²) < 4.78 is 40.8. The first-order valence-electron chi connectivity index (χ1n) is 11.6. The SMILES string of the molecule is Cc1cc(CSc2ccccc2)ccc1NC(=O)C1CCN(S(=O)(=O)Cc2ccccc2F)CC1. The summed E-state index contributed by atoms with van der Waals surface area (Å²) in [4.78, 5) is 14.1. The first-order valence-corrected chi connectivity index (χ1v) is 14.2. The summed E-state index contributed by atoms with van der Waals surface area (Å²) >= 11 is 1.77. The fourth-order valence-corrected chi connectivity index (χ4v) is 6.61. The molecule has 184 valence electrons. The van der Waals surface area contributed by atoms with Crippen LogP contribution in [0.1, 0.15) is 29.5 Å². The lowest BCUT2D eigenvalue weighted by Crippen LogP contribution is -2.42. The van der Waals surface area contributed by atoms with Gasteiger partial charge >= 0.3 is 0 Å². The Balaban J connectivity index is 1.29. The molecule has 0 bridgehead atoms. The van der Waals surface area contributed by atoms with Crippen LogP contribution in [0, 0.1) is 18.7 Å². The second kappa shape index (κ2) is 11.4. The lowest BCUT2D eigenvalue weighted by atomic mass is 9.97. The van der Waals surface area contributed by atoms with E-state index in [0.717, 1.165) is 17.0 Å². The van der Waals surface area contributed by atoms with E-state index < -0.39 is 15.8 Å². The van der Waals surface area contributed by atoms with Gasteiger partial charge in [-0.05, 0) is 55.2 Å². The second-order valence-electron chi connectivity index (χ2n) is 8.76. The smallest absolute Gasteiger partial charge is 0.227 e. The number of carbonyl (C=O) groups excluding carboxylic acids is 1. The molecule has 1 aliphatic rings. The minimum absolute atomic E-state index is 0.0920. The zero-order valence-corrected chi connectivity index (χ0v) is 21.2. The Kier molecular flexibility index (Phi) is 8.26. The molecule has 0 radical (unpaired) electrons. The van der Waals surface area contributed by atoms with Crippen molar-refractivity contribution in [3.63, 3.8) is 0 Å². The van der Waals surface area contributed by atoms with Crippen molar-refractivity contribution in [2.75, 3.05) is 18.4 Å². The number of thioether (sulfide) groups is 1. The van der Waals surface area contributed by atoms with Crippen molar-refractivity contribution >= 4 is 33.4 Å². The van der Waals surface area contributed by atoms with E-state index in [2.05, 4.69) is 23.5 Å². The standard InChI is InChI=1S/C27H29FN2O3S2/c1-20-17-21(18-34-24-8-3-2-4-9-24)11-12-26(20)29-27(31)22-13-15-30(16-14-22)35(32,33)19-23-7-5-6-10-25(23)28/h2-12,17,22H,13-16,18-19H2,1H3,(H,29,31). The van der Waals surface area contributed by atoms with Gasteiger partial charge in [0.05, 0.1) is 5.75 Å². The highest BCUT2D eigenvalue weighted by atomic mass is 32.2. The number of rotatable bonds is 8. The number of nitrogens with zero attached hydrogens (tertiary/aromatic N) is 1. The number of sulfonamides is 1. The molecule has 1 aliphatic heterocycles. The Labute approximate surface area is 210 Å². The molecule has 0 atom stereocenters. The molecule has 0 saturated carbocycles. The van der Waals surface area contributed by atoms with Gasteiger partial charge in [0.2, 0.25) is 15.9 Å². The summed E-state index contributed by atoms with van der Waals surface area (Å²) in [6.45, 7) is 2.48. The molecule has 1 saturated heterocycles. The van der Waals surface area contributed by atoms with Crippen LogP contribution >= 0.6 is 11.8 Å². The maximum absolute atomic E-state index is 13.9. The summed E-state index contributed by atoms with van der Waals surface area (Å²) in [6, 6.07) is 22.2. The van der Waals surface area contributed by atoms with Crippen LogP contribution < -0.4 is 5.32 Å². The third-order valence-corrected chi connectivity index (χ3v) is 9.12. The maximum Gasteiger partial charge on any atom is 0.227 e. The molecule has 8 heteroatoms. The Morgan fingerprint density at radius 1 is 1.03 bits per heavy atom. The molecular formula is C27H29FN2O3S2. The normalized spacial score (nSPS) is 15.1. The molecule has 1 N–H and O–H groups in total. The lowest BCUT2D eigenvalue weighted by molar-refractivity contribution is -0.120. The van der Waals surface area contributed by atoms with Crippen LogP contribution in [0.5, 0.6) is 0 Å². The average Bonchev–Trinajstić information content (AvgIpc) is 2.86. The van der Waals surface area contributed by atoms with Crippen molar-refractivity contribution in [1.82, 2.24) is 4.31 Å². The summed E-state index contributed by atoms with van der Waals surface area (Å²) in [7, 11) is -3.64. The maximum atomic E-state index is 13.9. The van der Waals surface area contributed by atoms with Crippen molar-refractivity contribution in [2.45, 2.75) is 36.2 Å². The number of anilines is 1. The van der Waals surface area contributed by atoms with E-state index >= 15 is 0 Å². The van der Waals surface area contributed by atoms with E-state index in [9.17, 15) is 17.6 Å². The zero-order chi connectivity index (χ0) is 24.8. The number of carbonyl (C=O) groups is 1. The van der Waals surface area contributed by atoms with Gasteiger partial charge in [-0.15, -0.1) is 11.8 Å². The number of hydrogen-bond acceptors (Lipinski definition) is 4. The van der Waals surface area contributed by atoms with Crippen LogP contribution in [0.25, 0.3) is 0 Å². The summed E-state index contributed by atoms with van der Waals surface area (Å²) in [6.07, 6.45) is 0.875. The molecule has 3 aromatic rings. The van der Waals surface area contributed by atoms with E-state index in [1.54, 1.807) is 17.8 Å². The fraction of sp³-hybridized carbons (Fsp3) is 0.296. The predicted octanol–water partition coefficient (Wildman–Crippen LogP) is 5.61. The first-order chi connectivity index (χ1) is 16.8. The van der Waals surface area contributed by atoms with Crippen LogP contribution in [0.3, 0.4) is 0 Å². The van der Waals surface area contributed by atoms with Crippen LogP contribution in [0.15, 0.2) is 77.7 Å². The van der Waals surface area contributed by atoms with Gasteiger partial charge in [-0.1, -0.05) is 48.5 Å². The number of aryl methyl sites for hydroxylation is 1. The van der Waals surface area contributed by atoms with Gasteiger partial charge in [-0.3, -0.25) is 4.79 Å². The van der Waals surface area contributed by atoms with E-state index in [0.29, 0.717) is 12.8 Å². The minimum atomic E-state index is -3.64. The van der Waals surface area contributed by atoms with E-state index in [-0.39, 0.29) is 36.2 Å². The predicted molar refractivity (Wildman–Crippen MR) is 139 cm³/mol. The molecule has 35 heavy (non-hydrogen) atoms. The quantitative estimate of drug-likeness (QED) is 0.399. The molecule has 5 nitrogen and oxygen atoms in total. The highest BCUT2D eigenvalue weighted by Gasteiger charge is 2.31. The molecule has 3 aromatic carbocycles. The van der Waals surface area contributed by atoms with E-state index in [4.69, 9.17) is 0 Å². The zero-order valence-electron chi connectivity index (χ0n) is 19.6. The van der Waals surface area contributed by atoms with Crippen molar-refractivity contribution in [1.29, 1.82) is 0 Å². The van der Waals surface area contributed by atoms with Gasteiger partial charge in [0.15, 0.2) is 0 Å². The molecule has 0 spiro atoms. The first kappa shape index (κ1) is 25.4. The highest BCUT2D eigenvalue weighted by molar-refractivity contribution is 7.98. The number of hydrogen-bond donors (Lipinski definition) is 1. The third kappa shape index (κ3) is 6.72. The van der Waals surface area contributed by atoms with Crippen molar-refractivity contribution < 1.29 is 17.6 Å². The summed E-state index contributed by atoms with van der Waals surface area (Å²) in [5, 5.41) is 3.02. The minimum Gasteiger partial charge on any atom is -0.326 e. The topological polar surface area (TPSA) is 66.5 Å². The molecule has 1 amide bonds. The molecule has 4 rings (SSSR count). The monoisotopic (exact) mass is 512 g/mol. The van der Waals surface area contributed by atoms with Gasteiger partial charge in [-0.2, -0.15) is 0 Å². The molecule has 0 unspecified atom stereocenters. The Morgan fingerprint density at radius 3 is 2.40 bits per heavy atom. The van der Waals surface area contributed by atoms with Gasteiger partial charge in [-0.25, -0.2) is 17.1 Å². The summed E-state index contributed by atoms with van der Waals surface area (Å²) in [5.74, 6) is -0.401. The largest absolute Gasteiger partial charge is 0.326 e. The number of piperidine rings is 1. The third-order valence-electron chi connectivity index (χ3n) is 6.21. The van der Waals surface area contributed by atoms with E-state index in [1.807, 2.05) is 37.3 Å². The van der Waals surface area contributed by atoms with Crippen LogP contribution in [0.2, 0.25) is 0 Å². The van der Waals surface area contributed by atoms with Crippen LogP contribution in [-0.2, 0) is 26.3 Å². The second-order valence-corrected chi connectivity index (χ2v) is 11.8. The molecule has 1 fully saturated rings. The fourth-order valence-electron chi connectivity index (χ4n) is 4.17. The number of amides is 1. The molecule has 0 aliphatic carbocycles. The lowest BCUT2D eigenvalue weighted by Gasteiger charge is -2.30. The van der Waals surface area contributed by atoms with Crippen LogP contribution in [-0.4, -0.2) is 31.7 Å².